The third-order valence-electron chi connectivity index (χ3n) is 1.48. The zero-order chi connectivity index (χ0) is 9.68. The van der Waals surface area contributed by atoms with Gasteiger partial charge in [-0.3, -0.25) is 4.79 Å². The van der Waals surface area contributed by atoms with Gasteiger partial charge in [0, 0.05) is 0 Å². The van der Waals surface area contributed by atoms with Crippen molar-refractivity contribution in [2.75, 3.05) is 0 Å². The van der Waals surface area contributed by atoms with Crippen molar-refractivity contribution < 1.29 is 4.79 Å². The number of benzene rings is 1. The molecule has 1 N–H and O–H groups in total. The number of aromatic amines is 1. The Kier molecular flexibility index (Phi) is 2.92. The molecule has 0 radical (unpaired) electrons. The monoisotopic (exact) mass is 176 g/mol. The van der Waals surface area contributed by atoms with Crippen molar-refractivity contribution in [1.29, 1.82) is 0 Å². The fraction of sp³-hybridized carbons (Fsp3) is 0. The molecule has 0 fully saturated rings. The van der Waals surface area contributed by atoms with E-state index >= 15 is 0 Å². The molecule has 66 valence electrons. The van der Waals surface area contributed by atoms with Crippen LogP contribution < -0.4 is 5.56 Å². The predicted octanol–water partition coefficient (Wildman–Crippen LogP) is 0.738. The molecule has 13 heavy (non-hydrogen) atoms. The molecule has 1 aromatic heterocycles. The number of rotatable bonds is 0. The van der Waals surface area contributed by atoms with Crippen molar-refractivity contribution in [1.82, 2.24) is 9.97 Å². The summed E-state index contributed by atoms with van der Waals surface area (Å²) in [6, 6.07) is 7.42. The lowest BCUT2D eigenvalue weighted by atomic mass is 10.3. The Balaban J connectivity index is 0.000000396. The number of hydrogen-bond donors (Lipinski definition) is 1. The number of H-pyrrole nitrogens is 1. The Morgan fingerprint density at radius 1 is 1.23 bits per heavy atom. The van der Waals surface area contributed by atoms with Gasteiger partial charge in [0.25, 0.3) is 5.56 Å². The molecule has 1 aromatic carbocycles. The minimum absolute atomic E-state index is 0.163. The second kappa shape index (κ2) is 4.15. The number of aromatic nitrogens is 2. The van der Waals surface area contributed by atoms with Crippen LogP contribution in [0.25, 0.3) is 11.0 Å². The quantitative estimate of drug-likeness (QED) is 0.643. The Hall–Kier alpha value is -1.97. The van der Waals surface area contributed by atoms with E-state index in [1.165, 1.54) is 6.20 Å². The standard InChI is InChI=1S/C8H6N2O.CH2O/c11-8-5-9-6-3-1-2-4-7(6)10-8;1-2/h1-5H,(H,10,11);1H2. The summed E-state index contributed by atoms with van der Waals surface area (Å²) in [5.74, 6) is 0. The molecule has 4 nitrogen and oxygen atoms in total. The van der Waals surface area contributed by atoms with Crippen LogP contribution in [0.3, 0.4) is 0 Å². The summed E-state index contributed by atoms with van der Waals surface area (Å²) in [5.41, 5.74) is 1.43. The molecule has 4 heteroatoms. The van der Waals surface area contributed by atoms with Gasteiger partial charge < -0.3 is 9.78 Å². The van der Waals surface area contributed by atoms with Crippen LogP contribution >= 0.6 is 0 Å². The maximum Gasteiger partial charge on any atom is 0.266 e. The third-order valence-corrected chi connectivity index (χ3v) is 1.48. The third kappa shape index (κ3) is 1.99. The molecule has 0 unspecified atom stereocenters. The summed E-state index contributed by atoms with van der Waals surface area (Å²) >= 11 is 0. The highest BCUT2D eigenvalue weighted by Crippen LogP contribution is 2.02. The molecular formula is C9H8N2O2. The van der Waals surface area contributed by atoms with E-state index in [4.69, 9.17) is 4.79 Å². The molecule has 0 aliphatic carbocycles. The SMILES string of the molecule is C=O.O=c1cnc2ccccc2[nH]1. The molecule has 0 aliphatic rings. The van der Waals surface area contributed by atoms with E-state index in [9.17, 15) is 4.79 Å². The number of nitrogens with one attached hydrogen (secondary N) is 1. The number of fused-ring (bicyclic) bond motifs is 1. The Bertz CT molecular complexity index is 450. The second-order valence-corrected chi connectivity index (χ2v) is 2.26. The van der Waals surface area contributed by atoms with E-state index in [2.05, 4.69) is 9.97 Å². The summed E-state index contributed by atoms with van der Waals surface area (Å²) in [7, 11) is 0. The smallest absolute Gasteiger partial charge is 0.266 e. The van der Waals surface area contributed by atoms with Crippen molar-refractivity contribution in [2.45, 2.75) is 0 Å². The van der Waals surface area contributed by atoms with Gasteiger partial charge in [0.2, 0.25) is 0 Å². The fourth-order valence-electron chi connectivity index (χ4n) is 0.985. The van der Waals surface area contributed by atoms with Crippen molar-refractivity contribution in [3.63, 3.8) is 0 Å². The van der Waals surface area contributed by atoms with E-state index in [-0.39, 0.29) is 5.56 Å². The summed E-state index contributed by atoms with van der Waals surface area (Å²) in [6.07, 6.45) is 1.28. The number of nitrogens with zero attached hydrogens (tertiary/aromatic N) is 1. The van der Waals surface area contributed by atoms with Gasteiger partial charge in [0.15, 0.2) is 0 Å². The van der Waals surface area contributed by atoms with E-state index in [1.807, 2.05) is 31.1 Å². The van der Waals surface area contributed by atoms with Crippen molar-refractivity contribution in [2.24, 2.45) is 0 Å². The van der Waals surface area contributed by atoms with E-state index in [1.54, 1.807) is 0 Å². The molecule has 1 heterocycles. The number of carbonyl (C=O) groups excluding carboxylic acids is 1. The van der Waals surface area contributed by atoms with Crippen LogP contribution in [-0.2, 0) is 4.79 Å². The molecule has 0 amide bonds. The molecule has 0 saturated heterocycles. The van der Waals surface area contributed by atoms with Crippen LogP contribution in [0.15, 0.2) is 35.3 Å². The van der Waals surface area contributed by atoms with Gasteiger partial charge in [-0.25, -0.2) is 4.98 Å². The normalized spacial score (nSPS) is 8.92. The Morgan fingerprint density at radius 3 is 2.69 bits per heavy atom. The molecule has 0 saturated carbocycles. The Labute approximate surface area is 74.2 Å². The minimum atomic E-state index is -0.163. The van der Waals surface area contributed by atoms with Gasteiger partial charge in [-0.05, 0) is 12.1 Å². The van der Waals surface area contributed by atoms with Gasteiger partial charge in [-0.15, -0.1) is 0 Å². The van der Waals surface area contributed by atoms with Crippen LogP contribution in [0.1, 0.15) is 0 Å². The maximum absolute atomic E-state index is 10.8. The summed E-state index contributed by atoms with van der Waals surface area (Å²) in [6.45, 7) is 2.00. The predicted molar refractivity (Wildman–Crippen MR) is 49.5 cm³/mol. The van der Waals surface area contributed by atoms with Gasteiger partial charge in [-0.2, -0.15) is 0 Å². The Morgan fingerprint density at radius 2 is 1.92 bits per heavy atom. The van der Waals surface area contributed by atoms with Crippen LogP contribution in [0.5, 0.6) is 0 Å². The summed E-state index contributed by atoms with van der Waals surface area (Å²) in [4.78, 5) is 25.4. The van der Waals surface area contributed by atoms with Gasteiger partial charge in [0.1, 0.15) is 6.79 Å². The molecule has 0 spiro atoms. The maximum atomic E-state index is 10.8. The molecule has 2 rings (SSSR count). The van der Waals surface area contributed by atoms with Crippen molar-refractivity contribution in [3.05, 3.63) is 40.8 Å². The highest BCUT2D eigenvalue weighted by Gasteiger charge is 1.90. The average Bonchev–Trinajstić information content (AvgIpc) is 2.21. The summed E-state index contributed by atoms with van der Waals surface area (Å²) in [5, 5.41) is 0. The second-order valence-electron chi connectivity index (χ2n) is 2.26. The molecule has 2 aromatic rings. The zero-order valence-corrected chi connectivity index (χ0v) is 6.86. The van der Waals surface area contributed by atoms with Gasteiger partial charge >= 0.3 is 0 Å². The summed E-state index contributed by atoms with van der Waals surface area (Å²) < 4.78 is 0. The van der Waals surface area contributed by atoms with Crippen LogP contribution in [0.2, 0.25) is 0 Å². The molecular weight excluding hydrogens is 168 g/mol. The minimum Gasteiger partial charge on any atom is -0.319 e. The largest absolute Gasteiger partial charge is 0.319 e. The first-order valence-electron chi connectivity index (χ1n) is 3.59. The molecule has 0 atom stereocenters. The van der Waals surface area contributed by atoms with E-state index in [0.29, 0.717) is 0 Å². The number of carbonyl (C=O) groups is 1. The van der Waals surface area contributed by atoms with Crippen molar-refractivity contribution >= 4 is 17.8 Å². The number of hydrogen-bond acceptors (Lipinski definition) is 3. The van der Waals surface area contributed by atoms with E-state index in [0.717, 1.165) is 11.0 Å². The van der Waals surface area contributed by atoms with Crippen LogP contribution in [0.4, 0.5) is 0 Å². The highest BCUT2D eigenvalue weighted by atomic mass is 16.1. The topological polar surface area (TPSA) is 62.8 Å². The first-order valence-corrected chi connectivity index (χ1v) is 3.59. The number of para-hydroxylation sites is 2. The van der Waals surface area contributed by atoms with Crippen LogP contribution in [-0.4, -0.2) is 16.8 Å². The fourth-order valence-corrected chi connectivity index (χ4v) is 0.985. The van der Waals surface area contributed by atoms with Gasteiger partial charge in [-0.1, -0.05) is 12.1 Å². The first kappa shape index (κ1) is 9.12. The lowest BCUT2D eigenvalue weighted by Gasteiger charge is -1.92. The lowest BCUT2D eigenvalue weighted by molar-refractivity contribution is -0.0979. The first-order chi connectivity index (χ1) is 6.36. The van der Waals surface area contributed by atoms with Crippen molar-refractivity contribution in [3.8, 4) is 0 Å². The molecule has 0 bridgehead atoms. The van der Waals surface area contributed by atoms with Crippen LogP contribution in [0, 0.1) is 0 Å². The van der Waals surface area contributed by atoms with E-state index < -0.39 is 0 Å². The zero-order valence-electron chi connectivity index (χ0n) is 6.86. The highest BCUT2D eigenvalue weighted by molar-refractivity contribution is 5.72. The average molecular weight is 176 g/mol. The lowest BCUT2D eigenvalue weighted by Crippen LogP contribution is -2.04. The van der Waals surface area contributed by atoms with Gasteiger partial charge in [0.05, 0.1) is 17.2 Å². The molecule has 0 aliphatic heterocycles.